The number of ether oxygens (including phenoxy) is 2. The Morgan fingerprint density at radius 1 is 1.50 bits per heavy atom. The molecular formula is C10H11BrCl2N2O3. The highest BCUT2D eigenvalue weighted by atomic mass is 79.9. The maximum Gasteiger partial charge on any atom is 0.277 e. The first kappa shape index (κ1) is 15.5. The van der Waals surface area contributed by atoms with E-state index >= 15 is 0 Å². The van der Waals surface area contributed by atoms with Crippen LogP contribution in [0.15, 0.2) is 16.6 Å². The Kier molecular flexibility index (Phi) is 6.17. The molecule has 8 heteroatoms. The van der Waals surface area contributed by atoms with Crippen LogP contribution in [0.25, 0.3) is 0 Å². The average molecular weight is 358 g/mol. The van der Waals surface area contributed by atoms with Crippen molar-refractivity contribution in [1.82, 2.24) is 5.43 Å². The number of nitrogens with one attached hydrogen (secondary N) is 1. The van der Waals surface area contributed by atoms with E-state index in [1.165, 1.54) is 13.2 Å². The van der Waals surface area contributed by atoms with Crippen LogP contribution in [-0.2, 0) is 9.53 Å². The molecule has 0 fully saturated rings. The SMILES string of the molecule is COCC(Oc1cc(Cl)c(Br)cc1Cl)C(=O)NN. The van der Waals surface area contributed by atoms with Gasteiger partial charge in [-0.05, 0) is 22.0 Å². The molecule has 0 aromatic heterocycles. The number of rotatable bonds is 5. The minimum Gasteiger partial charge on any atom is -0.476 e. The highest BCUT2D eigenvalue weighted by Gasteiger charge is 2.21. The molecule has 0 spiro atoms. The predicted octanol–water partition coefficient (Wildman–Crippen LogP) is 2.14. The molecule has 3 N–H and O–H groups in total. The molecular weight excluding hydrogens is 347 g/mol. The van der Waals surface area contributed by atoms with Gasteiger partial charge in [-0.3, -0.25) is 10.2 Å². The summed E-state index contributed by atoms with van der Waals surface area (Å²) in [6.45, 7) is 0.0348. The van der Waals surface area contributed by atoms with Gasteiger partial charge in [-0.1, -0.05) is 23.2 Å². The minimum atomic E-state index is -0.908. The second-order valence-electron chi connectivity index (χ2n) is 3.27. The van der Waals surface area contributed by atoms with Gasteiger partial charge in [-0.15, -0.1) is 0 Å². The molecule has 1 aromatic rings. The van der Waals surface area contributed by atoms with Gasteiger partial charge in [-0.25, -0.2) is 5.84 Å². The fraction of sp³-hybridized carbons (Fsp3) is 0.300. The average Bonchev–Trinajstić information content (AvgIpc) is 2.34. The predicted molar refractivity (Wildman–Crippen MR) is 72.8 cm³/mol. The molecule has 0 saturated heterocycles. The van der Waals surface area contributed by atoms with Gasteiger partial charge in [0, 0.05) is 17.6 Å². The van der Waals surface area contributed by atoms with Crippen LogP contribution in [0, 0.1) is 0 Å². The van der Waals surface area contributed by atoms with Gasteiger partial charge in [0.2, 0.25) is 6.10 Å². The Morgan fingerprint density at radius 3 is 2.72 bits per heavy atom. The highest BCUT2D eigenvalue weighted by molar-refractivity contribution is 9.10. The molecule has 1 atom stereocenters. The maximum absolute atomic E-state index is 11.4. The first-order valence-corrected chi connectivity index (χ1v) is 6.35. The number of amides is 1. The number of carbonyl (C=O) groups is 1. The summed E-state index contributed by atoms with van der Waals surface area (Å²) in [6, 6.07) is 3.07. The van der Waals surface area contributed by atoms with Crippen molar-refractivity contribution in [2.75, 3.05) is 13.7 Å². The highest BCUT2D eigenvalue weighted by Crippen LogP contribution is 2.34. The summed E-state index contributed by atoms with van der Waals surface area (Å²) in [6.07, 6.45) is -0.908. The number of nitrogens with two attached hydrogens (primary N) is 1. The molecule has 0 aliphatic carbocycles. The number of carbonyl (C=O) groups excluding carboxylic acids is 1. The first-order valence-electron chi connectivity index (χ1n) is 4.80. The molecule has 0 heterocycles. The van der Waals surface area contributed by atoms with Crippen LogP contribution in [0.2, 0.25) is 10.0 Å². The minimum absolute atomic E-state index is 0.0348. The van der Waals surface area contributed by atoms with Crippen LogP contribution in [0.5, 0.6) is 5.75 Å². The molecule has 1 amide bonds. The van der Waals surface area contributed by atoms with E-state index in [0.29, 0.717) is 14.5 Å². The third-order valence-electron chi connectivity index (χ3n) is 2.00. The number of benzene rings is 1. The van der Waals surface area contributed by atoms with Crippen molar-refractivity contribution in [3.63, 3.8) is 0 Å². The molecule has 100 valence electrons. The monoisotopic (exact) mass is 356 g/mol. The molecule has 0 saturated carbocycles. The van der Waals surface area contributed by atoms with Gasteiger partial charge in [0.15, 0.2) is 0 Å². The maximum atomic E-state index is 11.4. The van der Waals surface area contributed by atoms with E-state index in [1.54, 1.807) is 6.07 Å². The van der Waals surface area contributed by atoms with Crippen molar-refractivity contribution >= 4 is 45.0 Å². The van der Waals surface area contributed by atoms with Gasteiger partial charge in [0.05, 0.1) is 16.7 Å². The molecule has 0 aliphatic rings. The summed E-state index contributed by atoms with van der Waals surface area (Å²) in [5.74, 6) is 4.80. The Balaban J connectivity index is 2.93. The lowest BCUT2D eigenvalue weighted by Gasteiger charge is -2.17. The Hall–Kier alpha value is -0.530. The summed E-state index contributed by atoms with van der Waals surface area (Å²) in [7, 11) is 1.44. The number of methoxy groups -OCH3 is 1. The van der Waals surface area contributed by atoms with E-state index in [1.807, 2.05) is 5.43 Å². The van der Waals surface area contributed by atoms with Crippen molar-refractivity contribution in [3.8, 4) is 5.75 Å². The second-order valence-corrected chi connectivity index (χ2v) is 4.94. The summed E-state index contributed by atoms with van der Waals surface area (Å²) < 4.78 is 10.9. The zero-order valence-corrected chi connectivity index (χ0v) is 12.5. The number of halogens is 3. The number of hydrogen-bond donors (Lipinski definition) is 2. The smallest absolute Gasteiger partial charge is 0.277 e. The molecule has 5 nitrogen and oxygen atoms in total. The third-order valence-corrected chi connectivity index (χ3v) is 3.49. The molecule has 0 bridgehead atoms. The van der Waals surface area contributed by atoms with Gasteiger partial charge in [0.25, 0.3) is 5.91 Å². The lowest BCUT2D eigenvalue weighted by Crippen LogP contribution is -2.44. The van der Waals surface area contributed by atoms with Crippen molar-refractivity contribution < 1.29 is 14.3 Å². The number of hydrogen-bond acceptors (Lipinski definition) is 4. The Labute approximate surface area is 123 Å². The lowest BCUT2D eigenvalue weighted by atomic mass is 10.3. The van der Waals surface area contributed by atoms with Crippen LogP contribution in [-0.4, -0.2) is 25.7 Å². The summed E-state index contributed by atoms with van der Waals surface area (Å²) >= 11 is 15.1. The lowest BCUT2D eigenvalue weighted by molar-refractivity contribution is -0.130. The van der Waals surface area contributed by atoms with E-state index in [4.69, 9.17) is 38.5 Å². The van der Waals surface area contributed by atoms with Gasteiger partial charge >= 0.3 is 0 Å². The molecule has 18 heavy (non-hydrogen) atoms. The van der Waals surface area contributed by atoms with Gasteiger partial charge in [-0.2, -0.15) is 0 Å². The molecule has 1 unspecified atom stereocenters. The van der Waals surface area contributed by atoms with Crippen LogP contribution in [0.3, 0.4) is 0 Å². The Bertz CT molecular complexity index is 445. The van der Waals surface area contributed by atoms with Crippen molar-refractivity contribution in [1.29, 1.82) is 0 Å². The van der Waals surface area contributed by atoms with E-state index in [9.17, 15) is 4.79 Å². The molecule has 1 rings (SSSR count). The summed E-state index contributed by atoms with van der Waals surface area (Å²) in [5.41, 5.74) is 1.99. The summed E-state index contributed by atoms with van der Waals surface area (Å²) in [5, 5.41) is 0.732. The fourth-order valence-corrected chi connectivity index (χ4v) is 1.99. The van der Waals surface area contributed by atoms with Crippen molar-refractivity contribution in [2.45, 2.75) is 6.10 Å². The molecule has 1 aromatic carbocycles. The van der Waals surface area contributed by atoms with Gasteiger partial charge < -0.3 is 9.47 Å². The third kappa shape index (κ3) is 4.00. The molecule has 0 radical (unpaired) electrons. The topological polar surface area (TPSA) is 73.6 Å². The quantitative estimate of drug-likeness (QED) is 0.366. The standard InChI is InChI=1S/C10H11BrCl2N2O3/c1-17-4-9(10(16)15-14)18-8-3-6(12)5(11)2-7(8)13/h2-3,9H,4,14H2,1H3,(H,15,16). The second kappa shape index (κ2) is 7.16. The zero-order chi connectivity index (χ0) is 13.7. The van der Waals surface area contributed by atoms with Crippen molar-refractivity contribution in [2.24, 2.45) is 5.84 Å². The van der Waals surface area contributed by atoms with E-state index < -0.39 is 12.0 Å². The van der Waals surface area contributed by atoms with Crippen LogP contribution in [0.4, 0.5) is 0 Å². The Morgan fingerprint density at radius 2 is 2.17 bits per heavy atom. The zero-order valence-electron chi connectivity index (χ0n) is 9.38. The molecule has 0 aliphatic heterocycles. The van der Waals surface area contributed by atoms with Crippen LogP contribution >= 0.6 is 39.1 Å². The summed E-state index contributed by atoms with van der Waals surface area (Å²) in [4.78, 5) is 11.4. The number of hydrazine groups is 1. The van der Waals surface area contributed by atoms with Gasteiger partial charge in [0.1, 0.15) is 5.75 Å². The van der Waals surface area contributed by atoms with Crippen LogP contribution in [0.1, 0.15) is 0 Å². The van der Waals surface area contributed by atoms with E-state index in [2.05, 4.69) is 15.9 Å². The van der Waals surface area contributed by atoms with E-state index in [0.717, 1.165) is 0 Å². The largest absolute Gasteiger partial charge is 0.476 e. The van der Waals surface area contributed by atoms with Crippen LogP contribution < -0.4 is 16.0 Å². The normalized spacial score (nSPS) is 12.1. The van der Waals surface area contributed by atoms with Crippen molar-refractivity contribution in [3.05, 3.63) is 26.7 Å². The first-order chi connectivity index (χ1) is 8.49. The fourth-order valence-electron chi connectivity index (χ4n) is 1.16. The van der Waals surface area contributed by atoms with E-state index in [-0.39, 0.29) is 12.4 Å².